The highest BCUT2D eigenvalue weighted by molar-refractivity contribution is 6.35. The van der Waals surface area contributed by atoms with Crippen molar-refractivity contribution in [3.05, 3.63) is 65.2 Å². The summed E-state index contributed by atoms with van der Waals surface area (Å²) in [5, 5.41) is 15.3. The maximum absolute atomic E-state index is 11.6. The molecule has 2 aromatic carbocycles. The summed E-state index contributed by atoms with van der Waals surface area (Å²) >= 11 is 0. The second-order valence-electron chi connectivity index (χ2n) is 6.31. The van der Waals surface area contributed by atoms with Crippen molar-refractivity contribution < 1.29 is 24.2 Å². The Labute approximate surface area is 161 Å². The SMILES string of the molecule is O=C(N/N=C\c1cccc(OCc2ccc(C(=O)O)cc2)c1)C(=O)NC1CC1. The van der Waals surface area contributed by atoms with Gasteiger partial charge in [0.05, 0.1) is 11.8 Å². The van der Waals surface area contributed by atoms with Crippen LogP contribution in [0.5, 0.6) is 5.75 Å². The zero-order valence-corrected chi connectivity index (χ0v) is 14.9. The molecule has 0 atom stereocenters. The normalized spacial score (nSPS) is 13.1. The molecule has 2 aromatic rings. The van der Waals surface area contributed by atoms with E-state index in [1.54, 1.807) is 36.4 Å². The number of amides is 2. The highest BCUT2D eigenvalue weighted by Gasteiger charge is 2.26. The molecule has 0 bridgehead atoms. The van der Waals surface area contributed by atoms with E-state index in [4.69, 9.17) is 9.84 Å². The summed E-state index contributed by atoms with van der Waals surface area (Å²) in [6, 6.07) is 13.6. The average Bonchev–Trinajstić information content (AvgIpc) is 3.51. The van der Waals surface area contributed by atoms with Crippen LogP contribution in [0.3, 0.4) is 0 Å². The fourth-order valence-corrected chi connectivity index (χ4v) is 2.29. The van der Waals surface area contributed by atoms with Gasteiger partial charge < -0.3 is 15.2 Å². The van der Waals surface area contributed by atoms with Crippen LogP contribution in [-0.4, -0.2) is 35.1 Å². The maximum atomic E-state index is 11.6. The van der Waals surface area contributed by atoms with E-state index in [1.807, 2.05) is 0 Å². The summed E-state index contributed by atoms with van der Waals surface area (Å²) in [6.07, 6.45) is 3.22. The fraction of sp³-hybridized carbons (Fsp3) is 0.200. The molecule has 2 amide bonds. The number of carboxylic acid groups (broad SMARTS) is 1. The molecule has 1 saturated carbocycles. The highest BCUT2D eigenvalue weighted by Crippen LogP contribution is 2.18. The van der Waals surface area contributed by atoms with Crippen LogP contribution in [0, 0.1) is 0 Å². The van der Waals surface area contributed by atoms with Crippen LogP contribution in [0.1, 0.15) is 34.3 Å². The topological polar surface area (TPSA) is 117 Å². The fourth-order valence-electron chi connectivity index (χ4n) is 2.29. The zero-order chi connectivity index (χ0) is 19.9. The minimum absolute atomic E-state index is 0.108. The standard InChI is InChI=1S/C20H19N3O5/c24-18(22-16-8-9-16)19(25)23-21-11-14-2-1-3-17(10-14)28-12-13-4-6-15(7-5-13)20(26)27/h1-7,10-11,16H,8-9,12H2,(H,22,24)(H,23,25)(H,26,27)/b21-11-. The number of carboxylic acids is 1. The lowest BCUT2D eigenvalue weighted by Gasteiger charge is -2.07. The van der Waals surface area contributed by atoms with Crippen LogP contribution < -0.4 is 15.5 Å². The number of nitrogens with one attached hydrogen (secondary N) is 2. The Balaban J connectivity index is 1.50. The number of hydrazone groups is 1. The quantitative estimate of drug-likeness (QED) is 0.383. The van der Waals surface area contributed by atoms with Crippen molar-refractivity contribution in [1.29, 1.82) is 0 Å². The number of carbonyl (C=O) groups is 3. The van der Waals surface area contributed by atoms with Gasteiger partial charge in [0, 0.05) is 6.04 Å². The summed E-state index contributed by atoms with van der Waals surface area (Å²) in [5.41, 5.74) is 3.92. The van der Waals surface area contributed by atoms with Crippen LogP contribution in [0.4, 0.5) is 0 Å². The Morgan fingerprint density at radius 3 is 2.54 bits per heavy atom. The smallest absolute Gasteiger partial charge is 0.335 e. The third-order valence-corrected chi connectivity index (χ3v) is 3.96. The lowest BCUT2D eigenvalue weighted by molar-refractivity contribution is -0.139. The first kappa shape index (κ1) is 19.1. The van der Waals surface area contributed by atoms with Gasteiger partial charge in [0.25, 0.3) is 0 Å². The van der Waals surface area contributed by atoms with Gasteiger partial charge >= 0.3 is 17.8 Å². The third-order valence-electron chi connectivity index (χ3n) is 3.96. The van der Waals surface area contributed by atoms with Crippen molar-refractivity contribution in [1.82, 2.24) is 10.7 Å². The molecule has 8 nitrogen and oxygen atoms in total. The number of hydrogen-bond donors (Lipinski definition) is 3. The second-order valence-corrected chi connectivity index (χ2v) is 6.31. The van der Waals surface area contributed by atoms with Crippen molar-refractivity contribution in [2.75, 3.05) is 0 Å². The van der Waals surface area contributed by atoms with Gasteiger partial charge in [0.1, 0.15) is 12.4 Å². The molecule has 0 heterocycles. The van der Waals surface area contributed by atoms with Crippen LogP contribution in [0.15, 0.2) is 53.6 Å². The Morgan fingerprint density at radius 2 is 1.86 bits per heavy atom. The van der Waals surface area contributed by atoms with Crippen molar-refractivity contribution in [2.45, 2.75) is 25.5 Å². The molecule has 3 N–H and O–H groups in total. The minimum atomic E-state index is -0.975. The number of aromatic carboxylic acids is 1. The molecule has 3 rings (SSSR count). The molecular weight excluding hydrogens is 362 g/mol. The number of nitrogens with zero attached hydrogens (tertiary/aromatic N) is 1. The Bertz CT molecular complexity index is 904. The lowest BCUT2D eigenvalue weighted by atomic mass is 10.1. The summed E-state index contributed by atoms with van der Waals surface area (Å²) in [4.78, 5) is 34.0. The van der Waals surface area contributed by atoms with Gasteiger partial charge in [-0.1, -0.05) is 24.3 Å². The molecule has 0 radical (unpaired) electrons. The van der Waals surface area contributed by atoms with Crippen molar-refractivity contribution >= 4 is 24.0 Å². The average molecular weight is 381 g/mol. The Kier molecular flexibility index (Phi) is 6.01. The van der Waals surface area contributed by atoms with Crippen molar-refractivity contribution in [2.24, 2.45) is 5.10 Å². The van der Waals surface area contributed by atoms with E-state index in [2.05, 4.69) is 15.8 Å². The van der Waals surface area contributed by atoms with Crippen LogP contribution in [0.25, 0.3) is 0 Å². The largest absolute Gasteiger partial charge is 0.489 e. The van der Waals surface area contributed by atoms with Crippen LogP contribution in [0.2, 0.25) is 0 Å². The number of benzene rings is 2. The molecule has 28 heavy (non-hydrogen) atoms. The second kappa shape index (κ2) is 8.81. The van der Waals surface area contributed by atoms with E-state index in [-0.39, 0.29) is 18.2 Å². The summed E-state index contributed by atoms with van der Waals surface area (Å²) < 4.78 is 5.69. The minimum Gasteiger partial charge on any atom is -0.489 e. The molecule has 1 fully saturated rings. The van der Waals surface area contributed by atoms with Crippen molar-refractivity contribution in [3.63, 3.8) is 0 Å². The van der Waals surface area contributed by atoms with E-state index in [1.165, 1.54) is 18.3 Å². The first-order valence-corrected chi connectivity index (χ1v) is 8.70. The number of rotatable bonds is 7. The molecule has 0 spiro atoms. The lowest BCUT2D eigenvalue weighted by Crippen LogP contribution is -2.38. The van der Waals surface area contributed by atoms with Gasteiger partial charge in [-0.3, -0.25) is 9.59 Å². The van der Waals surface area contributed by atoms with Gasteiger partial charge in [-0.15, -0.1) is 0 Å². The summed E-state index contributed by atoms with van der Waals surface area (Å²) in [5.74, 6) is -1.88. The molecule has 144 valence electrons. The van der Waals surface area contributed by atoms with Gasteiger partial charge in [0.15, 0.2) is 0 Å². The van der Waals surface area contributed by atoms with Crippen LogP contribution in [-0.2, 0) is 16.2 Å². The molecule has 0 aromatic heterocycles. The summed E-state index contributed by atoms with van der Waals surface area (Å²) in [6.45, 7) is 0.276. The zero-order valence-electron chi connectivity index (χ0n) is 14.9. The number of carbonyl (C=O) groups excluding carboxylic acids is 2. The first-order chi connectivity index (χ1) is 13.5. The molecule has 1 aliphatic rings. The predicted molar refractivity (Wildman–Crippen MR) is 101 cm³/mol. The predicted octanol–water partition coefficient (Wildman–Crippen LogP) is 1.69. The molecular formula is C20H19N3O5. The third kappa shape index (κ3) is 5.66. The molecule has 0 aliphatic heterocycles. The van der Waals surface area contributed by atoms with E-state index in [0.717, 1.165) is 18.4 Å². The highest BCUT2D eigenvalue weighted by atomic mass is 16.5. The number of ether oxygens (including phenoxy) is 1. The molecule has 0 saturated heterocycles. The molecule has 8 heteroatoms. The molecule has 0 unspecified atom stereocenters. The van der Waals surface area contributed by atoms with E-state index in [0.29, 0.717) is 11.3 Å². The summed E-state index contributed by atoms with van der Waals surface area (Å²) in [7, 11) is 0. The maximum Gasteiger partial charge on any atom is 0.335 e. The van der Waals surface area contributed by atoms with E-state index in [9.17, 15) is 14.4 Å². The molecule has 1 aliphatic carbocycles. The monoisotopic (exact) mass is 381 g/mol. The Morgan fingerprint density at radius 1 is 1.11 bits per heavy atom. The Hall–Kier alpha value is -3.68. The number of hydrogen-bond acceptors (Lipinski definition) is 5. The van der Waals surface area contributed by atoms with Crippen molar-refractivity contribution in [3.8, 4) is 5.75 Å². The van der Waals surface area contributed by atoms with Gasteiger partial charge in [-0.2, -0.15) is 5.10 Å². The van der Waals surface area contributed by atoms with Gasteiger partial charge in [0.2, 0.25) is 0 Å². The van der Waals surface area contributed by atoms with Gasteiger partial charge in [-0.05, 0) is 48.2 Å². The van der Waals surface area contributed by atoms with Crippen LogP contribution >= 0.6 is 0 Å². The van der Waals surface area contributed by atoms with E-state index >= 15 is 0 Å². The van der Waals surface area contributed by atoms with E-state index < -0.39 is 17.8 Å². The first-order valence-electron chi connectivity index (χ1n) is 8.70. The van der Waals surface area contributed by atoms with Gasteiger partial charge in [-0.25, -0.2) is 10.2 Å².